The molecule has 43 heavy (non-hydrogen) atoms. The van der Waals surface area contributed by atoms with Crippen molar-refractivity contribution in [3.8, 4) is 0 Å². The van der Waals surface area contributed by atoms with Gasteiger partial charge in [-0.2, -0.15) is 101 Å². The Balaban J connectivity index is 6.65. The molecule has 0 radical (unpaired) electrons. The van der Waals surface area contributed by atoms with E-state index in [4.69, 9.17) is 0 Å². The molecule has 0 aromatic carbocycles. The summed E-state index contributed by atoms with van der Waals surface area (Å²) in [5.41, 5.74) is -0.672. The van der Waals surface area contributed by atoms with Crippen LogP contribution in [0.25, 0.3) is 0 Å². The van der Waals surface area contributed by atoms with E-state index in [2.05, 4.69) is 11.3 Å². The van der Waals surface area contributed by atoms with E-state index in [0.717, 1.165) is 6.92 Å². The number of hydrogen-bond acceptors (Lipinski definition) is 2. The van der Waals surface area contributed by atoms with Gasteiger partial charge >= 0.3 is 71.4 Å². The van der Waals surface area contributed by atoms with Crippen molar-refractivity contribution in [3.05, 3.63) is 12.2 Å². The first-order chi connectivity index (χ1) is 18.3. The second-order valence-electron chi connectivity index (χ2n) is 8.47. The van der Waals surface area contributed by atoms with Crippen LogP contribution in [0.15, 0.2) is 12.2 Å². The fourth-order valence-electron chi connectivity index (χ4n) is 2.51. The highest BCUT2D eigenvalue weighted by Crippen LogP contribution is 2.64. The van der Waals surface area contributed by atoms with Crippen molar-refractivity contribution >= 4 is 5.97 Å². The van der Waals surface area contributed by atoms with Crippen molar-refractivity contribution in [1.82, 2.24) is 0 Å². The van der Waals surface area contributed by atoms with Gasteiger partial charge in [-0.3, -0.25) is 0 Å². The molecule has 0 spiro atoms. The molecule has 0 rings (SSSR count). The van der Waals surface area contributed by atoms with E-state index < -0.39 is 96.4 Å². The monoisotopic (exact) mass is 696 g/mol. The van der Waals surface area contributed by atoms with Crippen LogP contribution in [-0.4, -0.2) is 78.0 Å². The molecule has 0 aliphatic rings. The van der Waals surface area contributed by atoms with E-state index in [1.807, 2.05) is 0 Å². The number of esters is 1. The largest absolute Gasteiger partial charge is 0.462 e. The van der Waals surface area contributed by atoms with Crippen molar-refractivity contribution in [3.63, 3.8) is 0 Å². The summed E-state index contributed by atoms with van der Waals surface area (Å²) in [7, 11) is 0. The van der Waals surface area contributed by atoms with E-state index in [1.54, 1.807) is 0 Å². The van der Waals surface area contributed by atoms with Crippen LogP contribution in [-0.2, 0) is 9.53 Å². The Morgan fingerprint density at radius 2 is 0.767 bits per heavy atom. The Bertz CT molecular complexity index is 1040. The minimum absolute atomic E-state index is 0.672. The first kappa shape index (κ1) is 40.6. The molecule has 0 aromatic heterocycles. The zero-order chi connectivity index (χ0) is 35.5. The molecule has 25 heteroatoms. The first-order valence-electron chi connectivity index (χ1n) is 9.96. The molecule has 0 aliphatic carbocycles. The van der Waals surface area contributed by atoms with Crippen LogP contribution in [0.4, 0.5) is 101 Å². The molecule has 0 N–H and O–H groups in total. The predicted molar refractivity (Wildman–Crippen MR) is 90.5 cm³/mol. The Labute approximate surface area is 221 Å². The lowest BCUT2D eigenvalue weighted by molar-refractivity contribution is -0.447. The highest BCUT2D eigenvalue weighted by atomic mass is 19.4. The maximum Gasteiger partial charge on any atom is 0.460 e. The third-order valence-electron chi connectivity index (χ3n) is 5.15. The van der Waals surface area contributed by atoms with Gasteiger partial charge in [-0.05, 0) is 6.92 Å². The number of rotatable bonds is 14. The Morgan fingerprint density at radius 3 is 1.07 bits per heavy atom. The molecular formula is C18H11F23O2. The summed E-state index contributed by atoms with van der Waals surface area (Å²) in [4.78, 5) is 11.0. The molecule has 0 saturated heterocycles. The van der Waals surface area contributed by atoms with Crippen molar-refractivity contribution < 1.29 is 111 Å². The van der Waals surface area contributed by atoms with Gasteiger partial charge in [-0.1, -0.05) is 6.58 Å². The van der Waals surface area contributed by atoms with Gasteiger partial charge in [0, 0.05) is 5.57 Å². The molecule has 0 unspecified atom stereocenters. The SMILES string of the molecule is C=C(C)C(=O)OCCC(F)(F)C(F)(F)C(F)(F)C(F)(F)C(F)(F)CC(F)(F)C(F)(F)C(F)(F)C(F)(F)C(F)(F)C(F)(F)F. The second kappa shape index (κ2) is 10.9. The lowest BCUT2D eigenvalue weighted by atomic mass is 9.87. The molecule has 0 atom stereocenters. The Kier molecular flexibility index (Phi) is 10.3. The van der Waals surface area contributed by atoms with Gasteiger partial charge in [0.1, 0.15) is 0 Å². The molecule has 0 aliphatic heterocycles. The maximum absolute atomic E-state index is 13.8. The number of halogens is 23. The zero-order valence-corrected chi connectivity index (χ0v) is 19.8. The smallest absolute Gasteiger partial charge is 0.460 e. The molecule has 0 fully saturated rings. The van der Waals surface area contributed by atoms with E-state index in [0.29, 0.717) is 0 Å². The summed E-state index contributed by atoms with van der Waals surface area (Å²) < 4.78 is 310. The predicted octanol–water partition coefficient (Wildman–Crippen LogP) is 8.80. The summed E-state index contributed by atoms with van der Waals surface area (Å²) in [5, 5.41) is 0. The molecule has 0 aromatic rings. The molecule has 2 nitrogen and oxygen atoms in total. The minimum Gasteiger partial charge on any atom is -0.462 e. The summed E-state index contributed by atoms with van der Waals surface area (Å²) in [5.74, 6) is -84.2. The van der Waals surface area contributed by atoms with Crippen LogP contribution in [0, 0.1) is 0 Å². The van der Waals surface area contributed by atoms with Gasteiger partial charge in [-0.25, -0.2) is 4.79 Å². The summed E-state index contributed by atoms with van der Waals surface area (Å²) >= 11 is 0. The minimum atomic E-state index is -8.87. The van der Waals surface area contributed by atoms with E-state index in [1.165, 1.54) is 0 Å². The maximum atomic E-state index is 13.8. The van der Waals surface area contributed by atoms with Gasteiger partial charge in [0.05, 0.1) is 19.4 Å². The van der Waals surface area contributed by atoms with Crippen LogP contribution in [0.2, 0.25) is 0 Å². The molecule has 0 amide bonds. The van der Waals surface area contributed by atoms with Gasteiger partial charge in [0.2, 0.25) is 0 Å². The van der Waals surface area contributed by atoms with Crippen molar-refractivity contribution in [1.29, 1.82) is 0 Å². The van der Waals surface area contributed by atoms with Crippen molar-refractivity contribution in [2.24, 2.45) is 0 Å². The van der Waals surface area contributed by atoms with Crippen molar-refractivity contribution in [2.75, 3.05) is 6.61 Å². The van der Waals surface area contributed by atoms with Crippen LogP contribution < -0.4 is 0 Å². The van der Waals surface area contributed by atoms with Crippen LogP contribution in [0.3, 0.4) is 0 Å². The fraction of sp³-hybridized carbons (Fsp3) is 0.833. The van der Waals surface area contributed by atoms with Crippen LogP contribution in [0.5, 0.6) is 0 Å². The highest BCUT2D eigenvalue weighted by Gasteiger charge is 2.92. The third-order valence-corrected chi connectivity index (χ3v) is 5.15. The van der Waals surface area contributed by atoms with Crippen LogP contribution in [0.1, 0.15) is 19.8 Å². The van der Waals surface area contributed by atoms with Crippen LogP contribution >= 0.6 is 0 Å². The molecule has 0 heterocycles. The standard InChI is InChI=1S/C18H11F23O2/c1-6(2)7(42)43-4-3-8(19,20)11(25,26)14(31,32)12(27,28)9(21,22)5-10(23,24)13(29,30)15(33,34)16(35,36)17(37,38)18(39,40)41/h1,3-5H2,2H3. The Hall–Kier alpha value is -2.40. The van der Waals surface area contributed by atoms with Crippen molar-refractivity contribution in [2.45, 2.75) is 85.2 Å². The lowest BCUT2D eigenvalue weighted by Gasteiger charge is -2.42. The van der Waals surface area contributed by atoms with E-state index in [9.17, 15) is 106 Å². The first-order valence-corrected chi connectivity index (χ1v) is 9.96. The lowest BCUT2D eigenvalue weighted by Crippen LogP contribution is -2.72. The second-order valence-corrected chi connectivity index (χ2v) is 8.47. The average molecular weight is 696 g/mol. The number of carbonyl (C=O) groups is 1. The summed E-state index contributed by atoms with van der Waals surface area (Å²) in [6, 6.07) is 0. The number of hydrogen-bond donors (Lipinski definition) is 0. The number of carbonyl (C=O) groups excluding carboxylic acids is 1. The summed E-state index contributed by atoms with van der Waals surface area (Å²) in [6.45, 7) is 1.50. The molecular weight excluding hydrogens is 685 g/mol. The third kappa shape index (κ3) is 6.13. The van der Waals surface area contributed by atoms with Gasteiger partial charge in [0.25, 0.3) is 0 Å². The van der Waals surface area contributed by atoms with Gasteiger partial charge in [0.15, 0.2) is 0 Å². The highest BCUT2D eigenvalue weighted by molar-refractivity contribution is 5.86. The van der Waals surface area contributed by atoms with Gasteiger partial charge in [-0.15, -0.1) is 0 Å². The van der Waals surface area contributed by atoms with E-state index >= 15 is 0 Å². The molecule has 0 saturated carbocycles. The molecule has 0 bridgehead atoms. The molecule has 256 valence electrons. The van der Waals surface area contributed by atoms with E-state index in [-0.39, 0.29) is 0 Å². The van der Waals surface area contributed by atoms with Gasteiger partial charge < -0.3 is 4.74 Å². The topological polar surface area (TPSA) is 26.3 Å². The number of alkyl halides is 23. The normalized spacial score (nSPS) is 15.9. The fourth-order valence-corrected chi connectivity index (χ4v) is 2.51. The zero-order valence-electron chi connectivity index (χ0n) is 19.8. The average Bonchev–Trinajstić information content (AvgIpc) is 2.76. The summed E-state index contributed by atoms with van der Waals surface area (Å²) in [6.07, 6.45) is -16.4. The number of ether oxygens (including phenoxy) is 1. The Morgan fingerprint density at radius 1 is 0.488 bits per heavy atom. The quantitative estimate of drug-likeness (QED) is 0.103.